The van der Waals surface area contributed by atoms with E-state index in [1.54, 1.807) is 0 Å². The number of aliphatic hydroxyl groups is 1. The average Bonchev–Trinajstić information content (AvgIpc) is 2.51. The van der Waals surface area contributed by atoms with Crippen LogP contribution in [0.15, 0.2) is 18.2 Å². The van der Waals surface area contributed by atoms with Gasteiger partial charge in [0.2, 0.25) is 0 Å². The molecular formula is C14H20N2O. The van der Waals surface area contributed by atoms with Gasteiger partial charge in [-0.15, -0.1) is 0 Å². The Morgan fingerprint density at radius 2 is 1.94 bits per heavy atom. The van der Waals surface area contributed by atoms with Gasteiger partial charge in [-0.3, -0.25) is 0 Å². The molecule has 92 valence electrons. The molecule has 0 aliphatic rings. The normalized spacial score (nSPS) is 15.2. The van der Waals surface area contributed by atoms with E-state index in [1.165, 1.54) is 5.56 Å². The number of benzene rings is 1. The summed E-state index contributed by atoms with van der Waals surface area (Å²) in [6, 6.07) is 6.01. The summed E-state index contributed by atoms with van der Waals surface area (Å²) in [6.45, 7) is 5.93. The molecule has 1 aromatic heterocycles. The fourth-order valence-electron chi connectivity index (χ4n) is 2.34. The lowest BCUT2D eigenvalue weighted by molar-refractivity contribution is 0.154. The molecule has 0 saturated carbocycles. The smallest absolute Gasteiger partial charge is 0.0961 e. The first-order valence-corrected chi connectivity index (χ1v) is 5.92. The zero-order valence-corrected chi connectivity index (χ0v) is 10.9. The van der Waals surface area contributed by atoms with Gasteiger partial charge in [-0.1, -0.05) is 12.1 Å². The third-order valence-electron chi connectivity index (χ3n) is 3.49. The van der Waals surface area contributed by atoms with Crippen molar-refractivity contribution in [3.63, 3.8) is 0 Å². The molecule has 1 heterocycles. The van der Waals surface area contributed by atoms with Crippen molar-refractivity contribution in [2.45, 2.75) is 32.9 Å². The second-order valence-electron chi connectivity index (χ2n) is 4.88. The molecule has 2 rings (SSSR count). The van der Waals surface area contributed by atoms with Gasteiger partial charge in [0.1, 0.15) is 0 Å². The molecule has 0 bridgehead atoms. The molecule has 2 aromatic rings. The number of fused-ring (bicyclic) bond motifs is 1. The van der Waals surface area contributed by atoms with E-state index in [0.29, 0.717) is 0 Å². The number of aromatic nitrogens is 1. The summed E-state index contributed by atoms with van der Waals surface area (Å²) in [5.74, 6) is 0. The van der Waals surface area contributed by atoms with Gasteiger partial charge in [-0.05, 0) is 32.4 Å². The lowest BCUT2D eigenvalue weighted by Gasteiger charge is -2.15. The minimum atomic E-state index is -0.610. The van der Waals surface area contributed by atoms with Crippen molar-refractivity contribution in [2.24, 2.45) is 12.8 Å². The Labute approximate surface area is 102 Å². The molecule has 2 unspecified atom stereocenters. The van der Waals surface area contributed by atoms with Crippen LogP contribution in [0.5, 0.6) is 0 Å². The second kappa shape index (κ2) is 4.17. The molecule has 17 heavy (non-hydrogen) atoms. The van der Waals surface area contributed by atoms with Crippen LogP contribution in [0.3, 0.4) is 0 Å². The largest absolute Gasteiger partial charge is 0.387 e. The molecule has 2 atom stereocenters. The fourth-order valence-corrected chi connectivity index (χ4v) is 2.34. The first kappa shape index (κ1) is 12.1. The summed E-state index contributed by atoms with van der Waals surface area (Å²) < 4.78 is 2.11. The molecular weight excluding hydrogens is 212 g/mol. The molecule has 0 aliphatic carbocycles. The number of aryl methyl sites for hydroxylation is 2. The number of hydrogen-bond acceptors (Lipinski definition) is 2. The van der Waals surface area contributed by atoms with Crippen molar-refractivity contribution < 1.29 is 5.11 Å². The summed E-state index contributed by atoms with van der Waals surface area (Å²) in [5, 5.41) is 11.3. The Morgan fingerprint density at radius 1 is 1.29 bits per heavy atom. The Bertz CT molecular complexity index is 555. The topological polar surface area (TPSA) is 51.2 Å². The van der Waals surface area contributed by atoms with Crippen LogP contribution in [0.4, 0.5) is 0 Å². The number of nitrogens with two attached hydrogens (primary N) is 1. The number of hydrogen-bond donors (Lipinski definition) is 2. The van der Waals surface area contributed by atoms with E-state index >= 15 is 0 Å². The van der Waals surface area contributed by atoms with Crippen molar-refractivity contribution >= 4 is 10.9 Å². The molecule has 1 aromatic carbocycles. The molecule has 3 nitrogen and oxygen atoms in total. The van der Waals surface area contributed by atoms with Crippen molar-refractivity contribution in [1.29, 1.82) is 0 Å². The van der Waals surface area contributed by atoms with Gasteiger partial charge in [0.15, 0.2) is 0 Å². The van der Waals surface area contributed by atoms with Crippen LogP contribution in [-0.2, 0) is 7.05 Å². The van der Waals surface area contributed by atoms with Crippen LogP contribution >= 0.6 is 0 Å². The predicted molar refractivity (Wildman–Crippen MR) is 71.0 cm³/mol. The minimum Gasteiger partial charge on any atom is -0.387 e. The van der Waals surface area contributed by atoms with Crippen molar-refractivity contribution in [2.75, 3.05) is 0 Å². The Morgan fingerprint density at radius 3 is 2.53 bits per heavy atom. The highest BCUT2D eigenvalue weighted by Gasteiger charge is 2.21. The minimum absolute atomic E-state index is 0.263. The summed E-state index contributed by atoms with van der Waals surface area (Å²) in [5.41, 5.74) is 10.2. The Hall–Kier alpha value is -1.32. The van der Waals surface area contributed by atoms with Gasteiger partial charge in [0.25, 0.3) is 0 Å². The first-order valence-electron chi connectivity index (χ1n) is 5.92. The summed E-state index contributed by atoms with van der Waals surface area (Å²) in [6.07, 6.45) is -0.610. The van der Waals surface area contributed by atoms with Gasteiger partial charge in [-0.25, -0.2) is 0 Å². The molecule has 3 heteroatoms. The van der Waals surface area contributed by atoms with Gasteiger partial charge >= 0.3 is 0 Å². The molecule has 0 amide bonds. The van der Waals surface area contributed by atoms with Crippen LogP contribution in [0.25, 0.3) is 10.9 Å². The maximum Gasteiger partial charge on any atom is 0.0961 e. The fraction of sp³-hybridized carbons (Fsp3) is 0.429. The van der Waals surface area contributed by atoms with E-state index in [0.717, 1.165) is 22.2 Å². The van der Waals surface area contributed by atoms with E-state index in [1.807, 2.05) is 20.9 Å². The van der Waals surface area contributed by atoms with Crippen LogP contribution in [0.1, 0.15) is 29.8 Å². The maximum absolute atomic E-state index is 10.2. The van der Waals surface area contributed by atoms with E-state index in [-0.39, 0.29) is 6.04 Å². The molecule has 0 aliphatic heterocycles. The molecule has 3 N–H and O–H groups in total. The van der Waals surface area contributed by atoms with Crippen LogP contribution in [0.2, 0.25) is 0 Å². The van der Waals surface area contributed by atoms with Crippen molar-refractivity contribution in [3.05, 3.63) is 35.0 Å². The summed E-state index contributed by atoms with van der Waals surface area (Å²) in [4.78, 5) is 0. The van der Waals surface area contributed by atoms with Crippen molar-refractivity contribution in [3.8, 4) is 0 Å². The third-order valence-corrected chi connectivity index (χ3v) is 3.49. The quantitative estimate of drug-likeness (QED) is 0.833. The number of nitrogens with zero attached hydrogens (tertiary/aromatic N) is 1. The Kier molecular flexibility index (Phi) is 2.98. The van der Waals surface area contributed by atoms with E-state index in [2.05, 4.69) is 29.7 Å². The van der Waals surface area contributed by atoms with Gasteiger partial charge < -0.3 is 15.4 Å². The highest BCUT2D eigenvalue weighted by atomic mass is 16.3. The molecule has 0 radical (unpaired) electrons. The average molecular weight is 232 g/mol. The molecule has 0 spiro atoms. The zero-order chi connectivity index (χ0) is 12.7. The standard InChI is InChI=1S/C14H20N2O/c1-8-5-6-11-12(7-8)16(4)10(3)13(11)14(17)9(2)15/h5-7,9,14,17H,15H2,1-4H3. The van der Waals surface area contributed by atoms with Crippen LogP contribution in [-0.4, -0.2) is 15.7 Å². The lowest BCUT2D eigenvalue weighted by atomic mass is 10.0. The van der Waals surface area contributed by atoms with Gasteiger partial charge in [-0.2, -0.15) is 0 Å². The van der Waals surface area contributed by atoms with Crippen molar-refractivity contribution in [1.82, 2.24) is 4.57 Å². The van der Waals surface area contributed by atoms with Crippen LogP contribution in [0, 0.1) is 13.8 Å². The monoisotopic (exact) mass is 232 g/mol. The zero-order valence-electron chi connectivity index (χ0n) is 10.9. The SMILES string of the molecule is Cc1ccc2c(C(O)C(C)N)c(C)n(C)c2c1. The van der Waals surface area contributed by atoms with Crippen LogP contribution < -0.4 is 5.73 Å². The van der Waals surface area contributed by atoms with E-state index < -0.39 is 6.10 Å². The lowest BCUT2D eigenvalue weighted by Crippen LogP contribution is -2.24. The highest BCUT2D eigenvalue weighted by Crippen LogP contribution is 2.31. The maximum atomic E-state index is 10.2. The highest BCUT2D eigenvalue weighted by molar-refractivity contribution is 5.86. The number of aliphatic hydroxyl groups excluding tert-OH is 1. The van der Waals surface area contributed by atoms with E-state index in [9.17, 15) is 5.11 Å². The first-order chi connectivity index (χ1) is 7.93. The summed E-state index contributed by atoms with van der Waals surface area (Å²) in [7, 11) is 2.02. The number of rotatable bonds is 2. The molecule has 0 saturated heterocycles. The Balaban J connectivity index is 2.75. The van der Waals surface area contributed by atoms with Gasteiger partial charge in [0, 0.05) is 35.2 Å². The predicted octanol–water partition coefficient (Wildman–Crippen LogP) is 2.18. The second-order valence-corrected chi connectivity index (χ2v) is 4.88. The summed E-state index contributed by atoms with van der Waals surface area (Å²) >= 11 is 0. The van der Waals surface area contributed by atoms with E-state index in [4.69, 9.17) is 5.73 Å². The molecule has 0 fully saturated rings. The van der Waals surface area contributed by atoms with Gasteiger partial charge in [0.05, 0.1) is 6.10 Å². The third kappa shape index (κ3) is 1.85.